The van der Waals surface area contributed by atoms with Gasteiger partial charge in [0.05, 0.1) is 17.1 Å². The van der Waals surface area contributed by atoms with Gasteiger partial charge < -0.3 is 10.2 Å². The predicted molar refractivity (Wildman–Crippen MR) is 127 cm³/mol. The molecule has 3 aromatic heterocycles. The fourth-order valence-electron chi connectivity index (χ4n) is 3.84. The van der Waals surface area contributed by atoms with E-state index in [9.17, 15) is 4.39 Å². The Balaban J connectivity index is 1.86. The minimum absolute atomic E-state index is 0.272. The van der Waals surface area contributed by atoms with Gasteiger partial charge in [0.2, 0.25) is 5.95 Å². The van der Waals surface area contributed by atoms with Gasteiger partial charge in [-0.1, -0.05) is 13.8 Å². The molecule has 4 rings (SSSR count). The largest absolute Gasteiger partial charge is 0.351 e. The molecule has 0 atom stereocenters. The van der Waals surface area contributed by atoms with Gasteiger partial charge in [0.15, 0.2) is 0 Å². The van der Waals surface area contributed by atoms with E-state index >= 15 is 0 Å². The molecule has 0 fully saturated rings. The fraction of sp³-hybridized carbons (Fsp3) is 0.320. The second kappa shape index (κ2) is 9.44. The van der Waals surface area contributed by atoms with Crippen molar-refractivity contribution in [1.29, 1.82) is 0 Å². The summed E-state index contributed by atoms with van der Waals surface area (Å²) in [5.41, 5.74) is 5.22. The van der Waals surface area contributed by atoms with Gasteiger partial charge in [-0.05, 0) is 75.0 Å². The lowest BCUT2D eigenvalue weighted by atomic mass is 10.1. The fourth-order valence-corrected chi connectivity index (χ4v) is 3.84. The second-order valence-electron chi connectivity index (χ2n) is 8.24. The van der Waals surface area contributed by atoms with Crippen molar-refractivity contribution in [3.63, 3.8) is 0 Å². The zero-order valence-corrected chi connectivity index (χ0v) is 19.0. The van der Waals surface area contributed by atoms with E-state index in [4.69, 9.17) is 9.97 Å². The van der Waals surface area contributed by atoms with Crippen molar-refractivity contribution in [2.45, 2.75) is 39.3 Å². The number of nitrogens with zero attached hydrogens (tertiary/aromatic N) is 5. The zero-order valence-electron chi connectivity index (χ0n) is 19.0. The van der Waals surface area contributed by atoms with Gasteiger partial charge in [0.25, 0.3) is 0 Å². The number of halogens is 1. The molecule has 6 nitrogen and oxygen atoms in total. The van der Waals surface area contributed by atoms with Crippen LogP contribution in [0.4, 0.5) is 10.3 Å². The highest BCUT2D eigenvalue weighted by Gasteiger charge is 2.19. The Hall–Kier alpha value is -3.32. The molecule has 32 heavy (non-hydrogen) atoms. The molecule has 3 heterocycles. The summed E-state index contributed by atoms with van der Waals surface area (Å²) in [4.78, 5) is 16.3. The van der Waals surface area contributed by atoms with Crippen molar-refractivity contribution in [3.8, 4) is 22.6 Å². The smallest absolute Gasteiger partial charge is 0.223 e. The van der Waals surface area contributed by atoms with Crippen LogP contribution < -0.4 is 5.32 Å². The van der Waals surface area contributed by atoms with Crippen LogP contribution in [0, 0.1) is 5.82 Å². The molecule has 4 aromatic rings. The number of anilines is 1. The standard InChI is InChI=1S/C25H29FN6/c1-5-20(6-2)28-25-27-13-11-21(29-25)24-23(18-7-9-19(26)10-8-18)30-22-15-17(16-31(3)4)12-14-32(22)24/h7-15,20H,5-6,16H2,1-4H3,(H,27,28,29). The monoisotopic (exact) mass is 432 g/mol. The number of benzene rings is 1. The van der Waals surface area contributed by atoms with Crippen molar-refractivity contribution in [2.24, 2.45) is 0 Å². The number of hydrogen-bond acceptors (Lipinski definition) is 5. The molecule has 0 aliphatic heterocycles. The van der Waals surface area contributed by atoms with E-state index in [0.29, 0.717) is 12.0 Å². The molecule has 0 bridgehead atoms. The molecule has 0 saturated carbocycles. The van der Waals surface area contributed by atoms with E-state index in [0.717, 1.165) is 47.7 Å². The van der Waals surface area contributed by atoms with E-state index in [1.807, 2.05) is 30.8 Å². The zero-order chi connectivity index (χ0) is 22.7. The molecule has 1 aromatic carbocycles. The normalized spacial score (nSPS) is 11.6. The Bertz CT molecular complexity index is 1200. The number of imidazole rings is 1. The van der Waals surface area contributed by atoms with Gasteiger partial charge in [0.1, 0.15) is 11.5 Å². The van der Waals surface area contributed by atoms with Crippen LogP contribution in [-0.2, 0) is 6.54 Å². The quantitative estimate of drug-likeness (QED) is 0.412. The number of rotatable bonds is 8. The summed E-state index contributed by atoms with van der Waals surface area (Å²) in [5, 5.41) is 3.42. The molecular weight excluding hydrogens is 403 g/mol. The molecule has 0 aliphatic rings. The topological polar surface area (TPSA) is 58.4 Å². The predicted octanol–water partition coefficient (Wildman–Crippen LogP) is 5.26. The van der Waals surface area contributed by atoms with Gasteiger partial charge in [-0.2, -0.15) is 0 Å². The highest BCUT2D eigenvalue weighted by atomic mass is 19.1. The average Bonchev–Trinajstić information content (AvgIpc) is 3.16. The first-order valence-corrected chi connectivity index (χ1v) is 11.0. The van der Waals surface area contributed by atoms with Gasteiger partial charge >= 0.3 is 0 Å². The van der Waals surface area contributed by atoms with Gasteiger partial charge in [0, 0.05) is 30.5 Å². The number of nitrogens with one attached hydrogen (secondary N) is 1. The minimum atomic E-state index is -0.272. The molecule has 0 saturated heterocycles. The number of pyridine rings is 1. The third kappa shape index (κ3) is 4.62. The van der Waals surface area contributed by atoms with Gasteiger partial charge in [-0.25, -0.2) is 19.3 Å². The molecular formula is C25H29FN6. The molecule has 1 N–H and O–H groups in total. The molecule has 166 valence electrons. The van der Waals surface area contributed by atoms with Crippen molar-refractivity contribution in [3.05, 3.63) is 66.2 Å². The van der Waals surface area contributed by atoms with E-state index < -0.39 is 0 Å². The molecule has 0 spiro atoms. The van der Waals surface area contributed by atoms with Crippen molar-refractivity contribution < 1.29 is 4.39 Å². The highest BCUT2D eigenvalue weighted by Crippen LogP contribution is 2.32. The summed E-state index contributed by atoms with van der Waals surface area (Å²) in [7, 11) is 4.08. The minimum Gasteiger partial charge on any atom is -0.351 e. The Morgan fingerprint density at radius 1 is 1.03 bits per heavy atom. The van der Waals surface area contributed by atoms with E-state index in [-0.39, 0.29) is 5.82 Å². The first-order valence-electron chi connectivity index (χ1n) is 11.0. The summed E-state index contributed by atoms with van der Waals surface area (Å²) < 4.78 is 15.6. The van der Waals surface area contributed by atoms with Crippen molar-refractivity contribution in [2.75, 3.05) is 19.4 Å². The SMILES string of the molecule is CCC(CC)Nc1nccc(-c2c(-c3ccc(F)cc3)nc3cc(CN(C)C)ccn23)n1. The summed E-state index contributed by atoms with van der Waals surface area (Å²) in [6.45, 7) is 5.11. The Morgan fingerprint density at radius 2 is 1.78 bits per heavy atom. The maximum Gasteiger partial charge on any atom is 0.223 e. The van der Waals surface area contributed by atoms with Crippen LogP contribution in [0.1, 0.15) is 32.3 Å². The maximum absolute atomic E-state index is 13.6. The summed E-state index contributed by atoms with van der Waals surface area (Å²) in [5.74, 6) is 0.325. The molecule has 7 heteroatoms. The van der Waals surface area contributed by atoms with Gasteiger partial charge in [-0.3, -0.25) is 4.40 Å². The first-order chi connectivity index (χ1) is 15.5. The second-order valence-corrected chi connectivity index (χ2v) is 8.24. The maximum atomic E-state index is 13.6. The van der Waals surface area contributed by atoms with E-state index in [2.05, 4.69) is 41.2 Å². The summed E-state index contributed by atoms with van der Waals surface area (Å²) in [6.07, 6.45) is 5.78. The van der Waals surface area contributed by atoms with Crippen LogP contribution in [0.3, 0.4) is 0 Å². The highest BCUT2D eigenvalue weighted by molar-refractivity contribution is 5.80. The van der Waals surface area contributed by atoms with Crippen LogP contribution in [0.25, 0.3) is 28.3 Å². The molecule has 0 radical (unpaired) electrons. The summed E-state index contributed by atoms with van der Waals surface area (Å²) in [6, 6.07) is 12.8. The lowest BCUT2D eigenvalue weighted by molar-refractivity contribution is 0.402. The van der Waals surface area contributed by atoms with E-state index in [1.165, 1.54) is 17.7 Å². The number of fused-ring (bicyclic) bond motifs is 1. The number of hydrogen-bond donors (Lipinski definition) is 1. The van der Waals surface area contributed by atoms with Crippen LogP contribution in [-0.4, -0.2) is 44.4 Å². The van der Waals surface area contributed by atoms with Crippen molar-refractivity contribution in [1.82, 2.24) is 24.3 Å². The Labute approximate surface area is 188 Å². The molecule has 0 unspecified atom stereocenters. The Kier molecular flexibility index (Phi) is 6.46. The molecule has 0 amide bonds. The van der Waals surface area contributed by atoms with Crippen molar-refractivity contribution >= 4 is 11.6 Å². The lowest BCUT2D eigenvalue weighted by Crippen LogP contribution is -2.18. The number of aromatic nitrogens is 4. The third-order valence-corrected chi connectivity index (χ3v) is 5.52. The van der Waals surface area contributed by atoms with Crippen LogP contribution in [0.2, 0.25) is 0 Å². The van der Waals surface area contributed by atoms with Crippen LogP contribution >= 0.6 is 0 Å². The van der Waals surface area contributed by atoms with Crippen LogP contribution in [0.5, 0.6) is 0 Å². The summed E-state index contributed by atoms with van der Waals surface area (Å²) >= 11 is 0. The average molecular weight is 433 g/mol. The first kappa shape index (κ1) is 21.9. The lowest BCUT2D eigenvalue weighted by Gasteiger charge is -2.15. The van der Waals surface area contributed by atoms with Gasteiger partial charge in [-0.15, -0.1) is 0 Å². The van der Waals surface area contributed by atoms with E-state index in [1.54, 1.807) is 18.3 Å². The van der Waals surface area contributed by atoms with Crippen LogP contribution in [0.15, 0.2) is 54.9 Å². The Morgan fingerprint density at radius 3 is 2.47 bits per heavy atom. The molecule has 0 aliphatic carbocycles. The third-order valence-electron chi connectivity index (χ3n) is 5.52.